The molecule has 5 aromatic rings. The molecule has 5 rings (SSSR count). The monoisotopic (exact) mass is 396 g/mol. The Morgan fingerprint density at radius 1 is 0.323 bits per heavy atom. The van der Waals surface area contributed by atoms with Gasteiger partial charge in [-0.3, -0.25) is 0 Å². The Labute approximate surface area is 184 Å². The maximum atomic E-state index is 2.32. The second kappa shape index (κ2) is 8.45. The molecular formula is C31H24. The van der Waals surface area contributed by atoms with Gasteiger partial charge in [-0.15, -0.1) is 0 Å². The number of hydrogen-bond acceptors (Lipinski definition) is 0. The fourth-order valence-corrected chi connectivity index (χ4v) is 4.05. The van der Waals surface area contributed by atoms with Crippen molar-refractivity contribution in [1.29, 1.82) is 0 Å². The lowest BCUT2D eigenvalue weighted by atomic mass is 9.90. The van der Waals surface area contributed by atoms with Crippen LogP contribution in [0.1, 0.15) is 5.56 Å². The van der Waals surface area contributed by atoms with Crippen LogP contribution in [0.15, 0.2) is 127 Å². The number of aryl methyl sites for hydroxylation is 1. The molecule has 0 spiro atoms. The van der Waals surface area contributed by atoms with E-state index < -0.39 is 0 Å². The van der Waals surface area contributed by atoms with E-state index in [0.29, 0.717) is 0 Å². The van der Waals surface area contributed by atoms with Crippen molar-refractivity contribution in [2.45, 2.75) is 6.92 Å². The van der Waals surface area contributed by atoms with Gasteiger partial charge >= 0.3 is 0 Å². The molecule has 5 aromatic carbocycles. The first-order valence-electron chi connectivity index (χ1n) is 10.7. The highest BCUT2D eigenvalue weighted by atomic mass is 14.1. The molecule has 0 amide bonds. The normalized spacial score (nSPS) is 10.7. The SMILES string of the molecule is Cc1ccc(-c2ccc(-c3cc(-c4ccccc4)ccc3-c3ccccc3)cc2)cc1. The molecule has 0 aromatic heterocycles. The Kier molecular flexibility index (Phi) is 5.21. The zero-order valence-corrected chi connectivity index (χ0v) is 17.6. The molecule has 0 saturated carbocycles. The van der Waals surface area contributed by atoms with Crippen molar-refractivity contribution in [1.82, 2.24) is 0 Å². The summed E-state index contributed by atoms with van der Waals surface area (Å²) in [6.45, 7) is 2.12. The van der Waals surface area contributed by atoms with Crippen LogP contribution in [0.4, 0.5) is 0 Å². The number of rotatable bonds is 4. The number of benzene rings is 5. The molecule has 0 heterocycles. The average Bonchev–Trinajstić information content (AvgIpc) is 2.85. The molecule has 0 fully saturated rings. The Morgan fingerprint density at radius 2 is 0.742 bits per heavy atom. The summed E-state index contributed by atoms with van der Waals surface area (Å²) in [4.78, 5) is 0. The van der Waals surface area contributed by atoms with E-state index in [1.165, 1.54) is 50.1 Å². The lowest BCUT2D eigenvalue weighted by Gasteiger charge is -2.14. The second-order valence-corrected chi connectivity index (χ2v) is 7.94. The molecule has 0 radical (unpaired) electrons. The van der Waals surface area contributed by atoms with Crippen LogP contribution in [0.3, 0.4) is 0 Å². The summed E-state index contributed by atoms with van der Waals surface area (Å²) in [5.74, 6) is 0. The minimum atomic E-state index is 1.23. The first-order chi connectivity index (χ1) is 15.3. The molecule has 0 nitrogen and oxygen atoms in total. The van der Waals surface area contributed by atoms with Gasteiger partial charge in [0.1, 0.15) is 0 Å². The third-order valence-electron chi connectivity index (χ3n) is 5.79. The van der Waals surface area contributed by atoms with E-state index >= 15 is 0 Å². The summed E-state index contributed by atoms with van der Waals surface area (Å²) < 4.78 is 0. The molecule has 31 heavy (non-hydrogen) atoms. The van der Waals surface area contributed by atoms with Crippen LogP contribution in [0, 0.1) is 6.92 Å². The Balaban J connectivity index is 1.61. The molecule has 0 N–H and O–H groups in total. The van der Waals surface area contributed by atoms with Crippen molar-refractivity contribution in [3.05, 3.63) is 133 Å². The van der Waals surface area contributed by atoms with Crippen molar-refractivity contribution in [2.75, 3.05) is 0 Å². The van der Waals surface area contributed by atoms with Gasteiger partial charge in [0.25, 0.3) is 0 Å². The van der Waals surface area contributed by atoms with Crippen LogP contribution in [0.25, 0.3) is 44.5 Å². The molecule has 0 unspecified atom stereocenters. The van der Waals surface area contributed by atoms with Gasteiger partial charge in [0.2, 0.25) is 0 Å². The van der Waals surface area contributed by atoms with Crippen LogP contribution >= 0.6 is 0 Å². The standard InChI is InChI=1S/C31H24/c1-23-12-14-25(15-13-23)26-16-18-28(19-17-26)31-22-29(24-8-4-2-5-9-24)20-21-30(31)27-10-6-3-7-11-27/h2-22H,1H3. The van der Waals surface area contributed by atoms with E-state index in [1.807, 2.05) is 0 Å². The van der Waals surface area contributed by atoms with E-state index in [-0.39, 0.29) is 0 Å². The highest BCUT2D eigenvalue weighted by Gasteiger charge is 2.10. The molecule has 0 aliphatic carbocycles. The van der Waals surface area contributed by atoms with Gasteiger partial charge in [-0.2, -0.15) is 0 Å². The molecule has 0 aliphatic rings. The average molecular weight is 397 g/mol. The minimum absolute atomic E-state index is 1.23. The summed E-state index contributed by atoms with van der Waals surface area (Å²) in [5, 5.41) is 0. The van der Waals surface area contributed by atoms with Gasteiger partial charge in [0.15, 0.2) is 0 Å². The van der Waals surface area contributed by atoms with Gasteiger partial charge in [0, 0.05) is 0 Å². The van der Waals surface area contributed by atoms with E-state index in [0.717, 1.165) is 0 Å². The first-order valence-corrected chi connectivity index (χ1v) is 10.7. The molecular weight excluding hydrogens is 372 g/mol. The van der Waals surface area contributed by atoms with E-state index in [9.17, 15) is 0 Å². The van der Waals surface area contributed by atoms with Gasteiger partial charge in [-0.1, -0.05) is 127 Å². The van der Waals surface area contributed by atoms with Crippen LogP contribution in [-0.2, 0) is 0 Å². The molecule has 0 aliphatic heterocycles. The molecule has 148 valence electrons. The quantitative estimate of drug-likeness (QED) is 0.285. The van der Waals surface area contributed by atoms with Crippen LogP contribution in [0.2, 0.25) is 0 Å². The first kappa shape index (κ1) is 19.1. The highest BCUT2D eigenvalue weighted by Crippen LogP contribution is 2.36. The Bertz CT molecular complexity index is 1280. The largest absolute Gasteiger partial charge is 0.0622 e. The summed E-state index contributed by atoms with van der Waals surface area (Å²) in [6, 6.07) is 45.7. The second-order valence-electron chi connectivity index (χ2n) is 7.94. The van der Waals surface area contributed by atoms with Crippen molar-refractivity contribution in [3.63, 3.8) is 0 Å². The molecule has 0 bridgehead atoms. The van der Waals surface area contributed by atoms with Gasteiger partial charge in [0.05, 0.1) is 0 Å². The predicted octanol–water partition coefficient (Wildman–Crippen LogP) is 8.66. The summed E-state index contributed by atoms with van der Waals surface area (Å²) >= 11 is 0. The number of hydrogen-bond donors (Lipinski definition) is 0. The lowest BCUT2D eigenvalue weighted by Crippen LogP contribution is -1.88. The van der Waals surface area contributed by atoms with E-state index in [1.54, 1.807) is 0 Å². The summed E-state index contributed by atoms with van der Waals surface area (Å²) in [6.07, 6.45) is 0. The van der Waals surface area contributed by atoms with Gasteiger partial charge in [-0.25, -0.2) is 0 Å². The molecule has 0 atom stereocenters. The van der Waals surface area contributed by atoms with E-state index in [2.05, 4.69) is 134 Å². The van der Waals surface area contributed by atoms with Crippen molar-refractivity contribution in [3.8, 4) is 44.5 Å². The maximum absolute atomic E-state index is 2.32. The topological polar surface area (TPSA) is 0 Å². The smallest absolute Gasteiger partial charge is 0.00992 e. The lowest BCUT2D eigenvalue weighted by molar-refractivity contribution is 1.47. The maximum Gasteiger partial charge on any atom is -0.00992 e. The van der Waals surface area contributed by atoms with Crippen molar-refractivity contribution in [2.24, 2.45) is 0 Å². The fraction of sp³-hybridized carbons (Fsp3) is 0.0323. The van der Waals surface area contributed by atoms with Crippen LogP contribution in [0.5, 0.6) is 0 Å². The molecule has 0 heteroatoms. The zero-order valence-electron chi connectivity index (χ0n) is 17.6. The third kappa shape index (κ3) is 4.06. The third-order valence-corrected chi connectivity index (χ3v) is 5.79. The Morgan fingerprint density at radius 3 is 1.35 bits per heavy atom. The van der Waals surface area contributed by atoms with Crippen molar-refractivity contribution >= 4 is 0 Å². The van der Waals surface area contributed by atoms with Crippen LogP contribution in [-0.4, -0.2) is 0 Å². The van der Waals surface area contributed by atoms with Gasteiger partial charge in [-0.05, 0) is 57.5 Å². The van der Waals surface area contributed by atoms with Crippen LogP contribution < -0.4 is 0 Å². The summed E-state index contributed by atoms with van der Waals surface area (Å²) in [7, 11) is 0. The van der Waals surface area contributed by atoms with Gasteiger partial charge < -0.3 is 0 Å². The summed E-state index contributed by atoms with van der Waals surface area (Å²) in [5.41, 5.74) is 11.2. The highest BCUT2D eigenvalue weighted by molar-refractivity contribution is 5.87. The fourth-order valence-electron chi connectivity index (χ4n) is 4.05. The minimum Gasteiger partial charge on any atom is -0.0622 e. The molecule has 0 saturated heterocycles. The predicted molar refractivity (Wildman–Crippen MR) is 133 cm³/mol. The van der Waals surface area contributed by atoms with Crippen molar-refractivity contribution < 1.29 is 0 Å². The van der Waals surface area contributed by atoms with E-state index in [4.69, 9.17) is 0 Å². The zero-order chi connectivity index (χ0) is 21.0. The Hall–Kier alpha value is -3.90.